The second-order valence-electron chi connectivity index (χ2n) is 6.00. The first kappa shape index (κ1) is 23.2. The number of furan rings is 1. The van der Waals surface area contributed by atoms with E-state index in [1.165, 1.54) is 36.7 Å². The van der Waals surface area contributed by atoms with Crippen LogP contribution in [0.1, 0.15) is 16.1 Å². The Kier molecular flexibility index (Phi) is 7.73. The quantitative estimate of drug-likeness (QED) is 0.140. The molecule has 0 bridgehead atoms. The first-order chi connectivity index (χ1) is 15.3. The Balaban J connectivity index is 1.59. The van der Waals surface area contributed by atoms with Crippen LogP contribution in [-0.4, -0.2) is 29.6 Å². The molecule has 1 N–H and O–H groups in total. The summed E-state index contributed by atoms with van der Waals surface area (Å²) in [6.07, 6.45) is 2.66. The van der Waals surface area contributed by atoms with Crippen LogP contribution >= 0.6 is 31.9 Å². The summed E-state index contributed by atoms with van der Waals surface area (Å²) in [5.41, 5.74) is 2.59. The number of hydrogen-bond donors (Lipinski definition) is 1. The van der Waals surface area contributed by atoms with Crippen molar-refractivity contribution in [3.8, 4) is 11.5 Å². The number of rotatable bonds is 8. The summed E-state index contributed by atoms with van der Waals surface area (Å²) >= 11 is 6.47. The Labute approximate surface area is 197 Å². The van der Waals surface area contributed by atoms with Gasteiger partial charge >= 0.3 is 5.97 Å². The topological polar surface area (TPSA) is 133 Å². The fourth-order valence-electron chi connectivity index (χ4n) is 2.33. The normalized spacial score (nSPS) is 10.7. The van der Waals surface area contributed by atoms with Gasteiger partial charge in [0.15, 0.2) is 6.61 Å². The number of nitrogens with zero attached hydrogens (tertiary/aromatic N) is 2. The van der Waals surface area contributed by atoms with E-state index < -0.39 is 16.8 Å². The molecule has 1 aromatic heterocycles. The lowest BCUT2D eigenvalue weighted by Gasteiger charge is -2.08. The van der Waals surface area contributed by atoms with E-state index >= 15 is 0 Å². The van der Waals surface area contributed by atoms with Crippen molar-refractivity contribution in [1.29, 1.82) is 0 Å². The number of carbonyl (C=O) groups excluding carboxylic acids is 2. The summed E-state index contributed by atoms with van der Waals surface area (Å²) in [6.45, 7) is -0.382. The first-order valence-corrected chi connectivity index (χ1v) is 10.4. The summed E-state index contributed by atoms with van der Waals surface area (Å²) < 4.78 is 16.7. The number of nitro benzene ring substituents is 1. The summed E-state index contributed by atoms with van der Waals surface area (Å²) in [6, 6.07) is 11.8. The van der Waals surface area contributed by atoms with Crippen LogP contribution in [0.5, 0.6) is 11.5 Å². The third kappa shape index (κ3) is 6.25. The van der Waals surface area contributed by atoms with Gasteiger partial charge in [0.2, 0.25) is 5.76 Å². The van der Waals surface area contributed by atoms with Gasteiger partial charge in [-0.1, -0.05) is 15.9 Å². The van der Waals surface area contributed by atoms with Crippen molar-refractivity contribution in [2.45, 2.75) is 0 Å². The van der Waals surface area contributed by atoms with Crippen LogP contribution in [0.25, 0.3) is 0 Å². The number of halogens is 2. The molecule has 0 radical (unpaired) electrons. The maximum atomic E-state index is 12.1. The van der Waals surface area contributed by atoms with Crippen molar-refractivity contribution in [3.05, 3.63) is 85.2 Å². The monoisotopic (exact) mass is 565 g/mol. The molecule has 0 aliphatic heterocycles. The number of hydrazone groups is 1. The fraction of sp³-hybridized carbons (Fsp3) is 0.0500. The van der Waals surface area contributed by atoms with Crippen LogP contribution in [0.2, 0.25) is 0 Å². The number of carbonyl (C=O) groups is 2. The molecule has 3 rings (SSSR count). The van der Waals surface area contributed by atoms with Gasteiger partial charge in [0.1, 0.15) is 11.5 Å². The molecule has 0 atom stereocenters. The number of hydrogen-bond acceptors (Lipinski definition) is 8. The molecule has 0 saturated heterocycles. The molecule has 164 valence electrons. The van der Waals surface area contributed by atoms with Crippen LogP contribution in [0, 0.1) is 10.1 Å². The number of ether oxygens (including phenoxy) is 2. The minimum atomic E-state index is -0.682. The van der Waals surface area contributed by atoms with E-state index in [1.807, 2.05) is 0 Å². The summed E-state index contributed by atoms with van der Waals surface area (Å²) in [5, 5.41) is 14.6. The number of nitrogens with one attached hydrogen (secondary N) is 1. The predicted octanol–water partition coefficient (Wildman–Crippen LogP) is 4.46. The number of non-ortho nitro benzene ring substituents is 1. The minimum Gasteiger partial charge on any atom is -0.483 e. The second-order valence-corrected chi connectivity index (χ2v) is 7.77. The number of nitro groups is 1. The van der Waals surface area contributed by atoms with Crippen molar-refractivity contribution in [3.63, 3.8) is 0 Å². The standard InChI is InChI=1S/C20H13Br2N3O7/c21-13-3-5-16(32-20(27)18-2-1-7-30-18)12(8-13)10-23-24-19(26)11-31-17-6-4-14(25(28)29)9-15(17)22/h1-10H,11H2,(H,24,26)/b23-10+. The highest BCUT2D eigenvalue weighted by atomic mass is 79.9. The van der Waals surface area contributed by atoms with Crippen molar-refractivity contribution in [2.24, 2.45) is 5.10 Å². The molecule has 0 saturated carbocycles. The number of esters is 1. The number of benzene rings is 2. The molecule has 12 heteroatoms. The molecule has 32 heavy (non-hydrogen) atoms. The summed E-state index contributed by atoms with van der Waals surface area (Å²) in [5.74, 6) is -0.750. The van der Waals surface area contributed by atoms with Gasteiger partial charge in [-0.2, -0.15) is 5.10 Å². The van der Waals surface area contributed by atoms with E-state index in [2.05, 4.69) is 42.4 Å². The molecular formula is C20H13Br2N3O7. The predicted molar refractivity (Wildman–Crippen MR) is 120 cm³/mol. The molecule has 1 heterocycles. The molecule has 0 unspecified atom stereocenters. The van der Waals surface area contributed by atoms with E-state index in [0.29, 0.717) is 14.5 Å². The highest BCUT2D eigenvalue weighted by Crippen LogP contribution is 2.29. The maximum absolute atomic E-state index is 12.1. The van der Waals surface area contributed by atoms with E-state index in [0.717, 1.165) is 0 Å². The zero-order valence-electron chi connectivity index (χ0n) is 16.0. The molecule has 1 amide bonds. The van der Waals surface area contributed by atoms with Gasteiger partial charge in [-0.25, -0.2) is 10.2 Å². The van der Waals surface area contributed by atoms with Crippen molar-refractivity contribution < 1.29 is 28.4 Å². The molecule has 0 fully saturated rings. The molecule has 0 aliphatic carbocycles. The zero-order valence-corrected chi connectivity index (χ0v) is 19.2. The third-order valence-corrected chi connectivity index (χ3v) is 4.89. The van der Waals surface area contributed by atoms with Gasteiger partial charge in [0.05, 0.1) is 21.9 Å². The Morgan fingerprint density at radius 2 is 1.94 bits per heavy atom. The largest absolute Gasteiger partial charge is 0.483 e. The lowest BCUT2D eigenvalue weighted by atomic mass is 10.2. The van der Waals surface area contributed by atoms with Crippen molar-refractivity contribution in [2.75, 3.05) is 6.61 Å². The minimum absolute atomic E-state index is 0.0404. The molecule has 0 aliphatic rings. The van der Waals surface area contributed by atoms with Gasteiger partial charge in [0, 0.05) is 22.2 Å². The van der Waals surface area contributed by atoms with Crippen LogP contribution < -0.4 is 14.9 Å². The number of amides is 1. The van der Waals surface area contributed by atoms with Gasteiger partial charge in [-0.05, 0) is 52.3 Å². The van der Waals surface area contributed by atoms with Gasteiger partial charge < -0.3 is 13.9 Å². The third-order valence-electron chi connectivity index (χ3n) is 3.77. The van der Waals surface area contributed by atoms with E-state index in [4.69, 9.17) is 13.9 Å². The van der Waals surface area contributed by atoms with Crippen molar-refractivity contribution >= 4 is 55.6 Å². The van der Waals surface area contributed by atoms with Crippen LogP contribution in [0.15, 0.2) is 73.3 Å². The second kappa shape index (κ2) is 10.7. The first-order valence-electron chi connectivity index (χ1n) is 8.77. The van der Waals surface area contributed by atoms with Crippen LogP contribution in [0.4, 0.5) is 5.69 Å². The molecular weight excluding hydrogens is 554 g/mol. The average Bonchev–Trinajstić information content (AvgIpc) is 3.29. The van der Waals surface area contributed by atoms with E-state index in [9.17, 15) is 19.7 Å². The van der Waals surface area contributed by atoms with Crippen LogP contribution in [0.3, 0.4) is 0 Å². The zero-order chi connectivity index (χ0) is 23.1. The Hall–Kier alpha value is -3.51. The molecule has 3 aromatic rings. The Bertz CT molecular complexity index is 1180. The van der Waals surface area contributed by atoms with E-state index in [-0.39, 0.29) is 29.6 Å². The highest BCUT2D eigenvalue weighted by molar-refractivity contribution is 9.10. The average molecular weight is 567 g/mol. The van der Waals surface area contributed by atoms with Crippen LogP contribution in [-0.2, 0) is 4.79 Å². The molecule has 10 nitrogen and oxygen atoms in total. The Morgan fingerprint density at radius 3 is 2.62 bits per heavy atom. The SMILES string of the molecule is O=C(COc1ccc([N+](=O)[O-])cc1Br)N/N=C/c1cc(Br)ccc1OC(=O)c1ccco1. The Morgan fingerprint density at radius 1 is 1.16 bits per heavy atom. The summed E-state index contributed by atoms with van der Waals surface area (Å²) in [4.78, 5) is 34.3. The van der Waals surface area contributed by atoms with Gasteiger partial charge in [0.25, 0.3) is 11.6 Å². The summed E-state index contributed by atoms with van der Waals surface area (Å²) in [7, 11) is 0. The maximum Gasteiger partial charge on any atom is 0.379 e. The lowest BCUT2D eigenvalue weighted by Crippen LogP contribution is -2.24. The molecule has 2 aromatic carbocycles. The van der Waals surface area contributed by atoms with Gasteiger partial charge in [-0.15, -0.1) is 0 Å². The highest BCUT2D eigenvalue weighted by Gasteiger charge is 2.14. The van der Waals surface area contributed by atoms with Crippen molar-refractivity contribution in [1.82, 2.24) is 5.43 Å². The van der Waals surface area contributed by atoms with Gasteiger partial charge in [-0.3, -0.25) is 14.9 Å². The fourth-order valence-corrected chi connectivity index (χ4v) is 3.19. The smallest absolute Gasteiger partial charge is 0.379 e. The molecule has 0 spiro atoms. The lowest BCUT2D eigenvalue weighted by molar-refractivity contribution is -0.384. The van der Waals surface area contributed by atoms with E-state index in [1.54, 1.807) is 24.3 Å².